The van der Waals surface area contributed by atoms with Crippen LogP contribution in [0.4, 0.5) is 0 Å². The summed E-state index contributed by atoms with van der Waals surface area (Å²) in [6, 6.07) is 13.9. The lowest BCUT2D eigenvalue weighted by Gasteiger charge is -2.18. The van der Waals surface area contributed by atoms with Crippen molar-refractivity contribution in [1.82, 2.24) is 4.57 Å². The average molecular weight is 401 g/mol. The second-order valence-corrected chi connectivity index (χ2v) is 8.82. The maximum absolute atomic E-state index is 12.8. The van der Waals surface area contributed by atoms with E-state index in [2.05, 4.69) is 0 Å². The smallest absolute Gasteiger partial charge is 0.355 e. The number of rotatable bonds is 6. The van der Waals surface area contributed by atoms with Gasteiger partial charge in [-0.3, -0.25) is 0 Å². The molecule has 0 aliphatic carbocycles. The quantitative estimate of drug-likeness (QED) is 0.641. The van der Waals surface area contributed by atoms with Crippen LogP contribution in [-0.4, -0.2) is 31.3 Å². The Labute approximate surface area is 164 Å². The molecule has 0 aliphatic heterocycles. The summed E-state index contributed by atoms with van der Waals surface area (Å²) in [5.41, 5.74) is 9.21. The molecule has 2 aromatic carbocycles. The minimum atomic E-state index is -3.63. The number of fused-ring (bicyclic) bond motifs is 1. The molecule has 1 aromatic heterocycles. The van der Waals surface area contributed by atoms with Gasteiger partial charge in [0.15, 0.2) is 9.84 Å². The fourth-order valence-electron chi connectivity index (χ4n) is 3.26. The lowest BCUT2D eigenvalue weighted by molar-refractivity contribution is 0.0512. The summed E-state index contributed by atoms with van der Waals surface area (Å²) in [5.74, 6) is -0.860. The summed E-state index contributed by atoms with van der Waals surface area (Å²) in [7, 11) is -3.63. The first-order valence-corrected chi connectivity index (χ1v) is 10.7. The van der Waals surface area contributed by atoms with Crippen molar-refractivity contribution in [2.75, 3.05) is 12.4 Å². The Kier molecular flexibility index (Phi) is 5.58. The number of hydrogen-bond donors (Lipinski definition) is 1. The molecule has 2 N–H and O–H groups in total. The second kappa shape index (κ2) is 7.77. The zero-order valence-electron chi connectivity index (χ0n) is 16.2. The Morgan fingerprint density at radius 2 is 1.82 bits per heavy atom. The van der Waals surface area contributed by atoms with Crippen LogP contribution in [0.15, 0.2) is 53.4 Å². The summed E-state index contributed by atoms with van der Waals surface area (Å²) in [5, 5.41) is 0.841. The molecule has 0 saturated heterocycles. The van der Waals surface area contributed by atoms with Gasteiger partial charge in [-0.15, -0.1) is 0 Å². The van der Waals surface area contributed by atoms with Gasteiger partial charge in [-0.25, -0.2) is 13.2 Å². The van der Waals surface area contributed by atoms with Crippen LogP contribution in [0.1, 0.15) is 34.7 Å². The van der Waals surface area contributed by atoms with Crippen molar-refractivity contribution in [1.29, 1.82) is 0 Å². The summed E-state index contributed by atoms with van der Waals surface area (Å²) >= 11 is 0. The number of nitrogens with two attached hydrogens (primary N) is 1. The molecule has 0 aliphatic rings. The lowest BCUT2D eigenvalue weighted by atomic mass is 10.1. The molecule has 1 unspecified atom stereocenters. The lowest BCUT2D eigenvalue weighted by Crippen LogP contribution is -2.30. The van der Waals surface area contributed by atoms with Gasteiger partial charge in [0, 0.05) is 5.39 Å². The van der Waals surface area contributed by atoms with E-state index in [4.69, 9.17) is 10.5 Å². The SMILES string of the molecule is CCOC(=O)c1cc2c(C)cccc2n1C(N)CS(=O)(=O)c1ccc(C)cc1. The van der Waals surface area contributed by atoms with Crippen LogP contribution in [0.25, 0.3) is 10.9 Å². The van der Waals surface area contributed by atoms with E-state index < -0.39 is 22.0 Å². The van der Waals surface area contributed by atoms with Gasteiger partial charge in [-0.05, 0) is 50.6 Å². The van der Waals surface area contributed by atoms with Crippen molar-refractivity contribution in [2.24, 2.45) is 5.73 Å². The fraction of sp³-hybridized carbons (Fsp3) is 0.286. The van der Waals surface area contributed by atoms with Gasteiger partial charge in [-0.1, -0.05) is 29.8 Å². The highest BCUT2D eigenvalue weighted by molar-refractivity contribution is 7.91. The molecule has 0 saturated carbocycles. The van der Waals surface area contributed by atoms with Crippen molar-refractivity contribution in [2.45, 2.75) is 31.8 Å². The van der Waals surface area contributed by atoms with Gasteiger partial charge >= 0.3 is 5.97 Å². The molecule has 6 nitrogen and oxygen atoms in total. The number of hydrogen-bond acceptors (Lipinski definition) is 5. The first-order chi connectivity index (χ1) is 13.2. The Balaban J connectivity index is 2.06. The maximum Gasteiger partial charge on any atom is 0.355 e. The Bertz CT molecular complexity index is 1120. The van der Waals surface area contributed by atoms with Crippen LogP contribution in [0, 0.1) is 13.8 Å². The number of esters is 1. The number of benzene rings is 2. The number of carbonyl (C=O) groups is 1. The van der Waals surface area contributed by atoms with Crippen molar-refractivity contribution in [3.8, 4) is 0 Å². The molecule has 3 rings (SSSR count). The zero-order valence-corrected chi connectivity index (χ0v) is 17.0. The van der Waals surface area contributed by atoms with Crippen LogP contribution >= 0.6 is 0 Å². The monoisotopic (exact) mass is 400 g/mol. The van der Waals surface area contributed by atoms with E-state index in [0.717, 1.165) is 16.5 Å². The highest BCUT2D eigenvalue weighted by atomic mass is 32.2. The van der Waals surface area contributed by atoms with Crippen LogP contribution in [0.5, 0.6) is 0 Å². The molecule has 148 valence electrons. The van der Waals surface area contributed by atoms with Gasteiger partial charge in [0.1, 0.15) is 5.69 Å². The second-order valence-electron chi connectivity index (χ2n) is 6.79. The largest absolute Gasteiger partial charge is 0.461 e. The zero-order chi connectivity index (χ0) is 20.5. The molecule has 1 heterocycles. The van der Waals surface area contributed by atoms with Crippen molar-refractivity contribution in [3.05, 3.63) is 65.4 Å². The predicted molar refractivity (Wildman–Crippen MR) is 109 cm³/mol. The molecule has 0 bridgehead atoms. The van der Waals surface area contributed by atoms with Gasteiger partial charge < -0.3 is 15.0 Å². The van der Waals surface area contributed by atoms with E-state index in [0.29, 0.717) is 5.52 Å². The number of sulfone groups is 1. The predicted octanol–water partition coefficient (Wildman–Crippen LogP) is 3.37. The third-order valence-corrected chi connectivity index (χ3v) is 6.46. The molecule has 3 aromatic rings. The fourth-order valence-corrected chi connectivity index (χ4v) is 4.60. The molecular weight excluding hydrogens is 376 g/mol. The van der Waals surface area contributed by atoms with Gasteiger partial charge in [0.05, 0.1) is 28.9 Å². The maximum atomic E-state index is 12.8. The Morgan fingerprint density at radius 3 is 2.46 bits per heavy atom. The molecular formula is C21H24N2O4S. The first kappa shape index (κ1) is 20.1. The summed E-state index contributed by atoms with van der Waals surface area (Å²) < 4.78 is 32.4. The Hall–Kier alpha value is -2.64. The van der Waals surface area contributed by atoms with E-state index in [-0.39, 0.29) is 22.9 Å². The third kappa shape index (κ3) is 3.81. The number of ether oxygens (including phenoxy) is 1. The minimum absolute atomic E-state index is 0.207. The van der Waals surface area contributed by atoms with Crippen LogP contribution in [0.3, 0.4) is 0 Å². The highest BCUT2D eigenvalue weighted by Gasteiger charge is 2.26. The molecule has 1 atom stereocenters. The molecule has 0 spiro atoms. The molecule has 0 amide bonds. The topological polar surface area (TPSA) is 91.4 Å². The molecule has 7 heteroatoms. The van der Waals surface area contributed by atoms with E-state index in [1.807, 2.05) is 32.0 Å². The normalized spacial score (nSPS) is 12.9. The van der Waals surface area contributed by atoms with Crippen molar-refractivity contribution >= 4 is 26.7 Å². The van der Waals surface area contributed by atoms with E-state index in [1.165, 1.54) is 0 Å². The first-order valence-electron chi connectivity index (χ1n) is 9.07. The number of carbonyl (C=O) groups excluding carboxylic acids is 1. The van der Waals surface area contributed by atoms with Crippen LogP contribution < -0.4 is 5.73 Å². The molecule has 0 fully saturated rings. The van der Waals surface area contributed by atoms with Gasteiger partial charge in [-0.2, -0.15) is 0 Å². The summed E-state index contributed by atoms with van der Waals surface area (Å²) in [6.45, 7) is 5.76. The number of nitrogens with zero attached hydrogens (tertiary/aromatic N) is 1. The minimum Gasteiger partial charge on any atom is -0.461 e. The van der Waals surface area contributed by atoms with Crippen LogP contribution in [-0.2, 0) is 14.6 Å². The molecule has 0 radical (unpaired) electrons. The summed E-state index contributed by atoms with van der Waals surface area (Å²) in [4.78, 5) is 12.7. The standard InChI is InChI=1S/C21H24N2O4S/c1-4-27-21(24)19-12-17-15(3)6-5-7-18(17)23(19)20(22)13-28(25,26)16-10-8-14(2)9-11-16/h5-12,20H,4,13,22H2,1-3H3. The highest BCUT2D eigenvalue weighted by Crippen LogP contribution is 2.27. The summed E-state index contributed by atoms with van der Waals surface area (Å²) in [6.07, 6.45) is -0.940. The van der Waals surface area contributed by atoms with E-state index >= 15 is 0 Å². The van der Waals surface area contributed by atoms with Crippen molar-refractivity contribution in [3.63, 3.8) is 0 Å². The Morgan fingerprint density at radius 1 is 1.14 bits per heavy atom. The number of aryl methyl sites for hydroxylation is 2. The molecule has 28 heavy (non-hydrogen) atoms. The average Bonchev–Trinajstić information content (AvgIpc) is 3.03. The van der Waals surface area contributed by atoms with Crippen LogP contribution in [0.2, 0.25) is 0 Å². The van der Waals surface area contributed by atoms with E-state index in [9.17, 15) is 13.2 Å². The van der Waals surface area contributed by atoms with Gasteiger partial charge in [0.25, 0.3) is 0 Å². The number of aromatic nitrogens is 1. The van der Waals surface area contributed by atoms with E-state index in [1.54, 1.807) is 41.8 Å². The van der Waals surface area contributed by atoms with Crippen molar-refractivity contribution < 1.29 is 17.9 Å². The van der Waals surface area contributed by atoms with Gasteiger partial charge in [0.2, 0.25) is 0 Å². The third-order valence-electron chi connectivity index (χ3n) is 4.69.